The first-order valence-electron chi connectivity index (χ1n) is 6.20. The van der Waals surface area contributed by atoms with Gasteiger partial charge in [-0.2, -0.15) is 11.8 Å². The summed E-state index contributed by atoms with van der Waals surface area (Å²) in [5.41, 5.74) is 1.10. The minimum Gasteiger partial charge on any atom is -0.391 e. The Morgan fingerprint density at radius 2 is 2.35 bits per heavy atom. The van der Waals surface area contributed by atoms with Crippen LogP contribution in [0.25, 0.3) is 0 Å². The summed E-state index contributed by atoms with van der Waals surface area (Å²) in [5, 5.41) is 11.1. The Labute approximate surface area is 111 Å². The third kappa shape index (κ3) is 3.14. The van der Waals surface area contributed by atoms with E-state index in [0.29, 0.717) is 5.25 Å². The van der Waals surface area contributed by atoms with Gasteiger partial charge in [0, 0.05) is 24.1 Å². The molecule has 1 aromatic heterocycles. The van der Waals surface area contributed by atoms with Gasteiger partial charge >= 0.3 is 0 Å². The predicted octanol–water partition coefficient (Wildman–Crippen LogP) is 2.53. The summed E-state index contributed by atoms with van der Waals surface area (Å²) in [7, 11) is 0. The van der Waals surface area contributed by atoms with Gasteiger partial charge in [0.1, 0.15) is 0 Å². The quantitative estimate of drug-likeness (QED) is 0.914. The van der Waals surface area contributed by atoms with Gasteiger partial charge in [0.2, 0.25) is 0 Å². The second-order valence-electron chi connectivity index (χ2n) is 4.40. The number of thioether (sulfide) groups is 1. The summed E-state index contributed by atoms with van der Waals surface area (Å²) in [5.74, 6) is 1.18. The zero-order valence-corrected chi connectivity index (χ0v) is 12.1. The highest BCUT2D eigenvalue weighted by Crippen LogP contribution is 2.30. The topological polar surface area (TPSA) is 36.4 Å². The number of aromatic nitrogens is 1. The van der Waals surface area contributed by atoms with E-state index in [1.807, 2.05) is 11.8 Å². The first kappa shape index (κ1) is 13.2. The molecule has 1 saturated heterocycles. The number of hydrogen-bond acceptors (Lipinski definition) is 5. The lowest BCUT2D eigenvalue weighted by Gasteiger charge is -2.30. The van der Waals surface area contributed by atoms with E-state index in [0.717, 1.165) is 41.6 Å². The minimum absolute atomic E-state index is 0.130. The maximum Gasteiger partial charge on any atom is 0.185 e. The molecule has 1 unspecified atom stereocenters. The minimum atomic E-state index is 0.130. The molecule has 3 nitrogen and oxygen atoms in total. The van der Waals surface area contributed by atoms with Gasteiger partial charge < -0.3 is 10.0 Å². The first-order valence-corrected chi connectivity index (χ1v) is 8.07. The van der Waals surface area contributed by atoms with Crippen molar-refractivity contribution in [3.63, 3.8) is 0 Å². The maximum absolute atomic E-state index is 9.36. The van der Waals surface area contributed by atoms with Crippen LogP contribution in [0.3, 0.4) is 0 Å². The van der Waals surface area contributed by atoms with Crippen molar-refractivity contribution in [3.8, 4) is 0 Å². The van der Waals surface area contributed by atoms with Crippen LogP contribution >= 0.6 is 23.1 Å². The summed E-state index contributed by atoms with van der Waals surface area (Å²) >= 11 is 3.69. The van der Waals surface area contributed by atoms with Crippen molar-refractivity contribution >= 4 is 28.2 Å². The molecule has 0 aliphatic carbocycles. The zero-order valence-electron chi connectivity index (χ0n) is 10.5. The predicted molar refractivity (Wildman–Crippen MR) is 76.2 cm³/mol. The molecule has 0 aromatic carbocycles. The van der Waals surface area contributed by atoms with Gasteiger partial charge in [-0.25, -0.2) is 4.98 Å². The Hall–Kier alpha value is -0.260. The smallest absolute Gasteiger partial charge is 0.185 e. The molecular formula is C12H20N2OS2. The highest BCUT2D eigenvalue weighted by molar-refractivity contribution is 8.00. The molecule has 1 fully saturated rings. The van der Waals surface area contributed by atoms with Gasteiger partial charge in [-0.05, 0) is 6.42 Å². The van der Waals surface area contributed by atoms with Crippen LogP contribution in [-0.4, -0.2) is 34.2 Å². The molecule has 5 heteroatoms. The summed E-state index contributed by atoms with van der Waals surface area (Å²) < 4.78 is 0. The fourth-order valence-corrected chi connectivity index (χ4v) is 4.07. The van der Waals surface area contributed by atoms with Crippen LogP contribution in [0.2, 0.25) is 0 Å². The van der Waals surface area contributed by atoms with Gasteiger partial charge in [-0.1, -0.05) is 31.6 Å². The molecule has 0 amide bonds. The van der Waals surface area contributed by atoms with Gasteiger partial charge in [-0.15, -0.1) is 0 Å². The lowest BCUT2D eigenvalue weighted by Crippen LogP contribution is -2.36. The van der Waals surface area contributed by atoms with Crippen LogP contribution < -0.4 is 4.90 Å². The molecule has 1 N–H and O–H groups in total. The SMILES string of the molecule is CCCc1nc(N2CCSC(C)C2)sc1CO. The van der Waals surface area contributed by atoms with Crippen LogP contribution in [0, 0.1) is 0 Å². The van der Waals surface area contributed by atoms with Gasteiger partial charge in [-0.3, -0.25) is 0 Å². The number of aliphatic hydroxyl groups is 1. The van der Waals surface area contributed by atoms with Crippen LogP contribution in [0.1, 0.15) is 30.8 Å². The van der Waals surface area contributed by atoms with Gasteiger partial charge in [0.15, 0.2) is 5.13 Å². The summed E-state index contributed by atoms with van der Waals surface area (Å²) in [6.07, 6.45) is 2.06. The Balaban J connectivity index is 2.14. The molecule has 1 aliphatic heterocycles. The molecule has 0 saturated carbocycles. The van der Waals surface area contributed by atoms with E-state index in [1.165, 1.54) is 5.75 Å². The van der Waals surface area contributed by atoms with Gasteiger partial charge in [0.05, 0.1) is 17.2 Å². The Morgan fingerprint density at radius 3 is 3.00 bits per heavy atom. The Bertz CT molecular complexity index is 367. The molecule has 1 atom stereocenters. The Kier molecular flexibility index (Phi) is 4.70. The fourth-order valence-electron chi connectivity index (χ4n) is 2.05. The molecule has 2 heterocycles. The third-order valence-electron chi connectivity index (χ3n) is 2.91. The van der Waals surface area contributed by atoms with Crippen molar-refractivity contribution in [1.82, 2.24) is 4.98 Å². The molecular weight excluding hydrogens is 252 g/mol. The van der Waals surface area contributed by atoms with Crippen molar-refractivity contribution in [2.24, 2.45) is 0 Å². The second kappa shape index (κ2) is 6.07. The van der Waals surface area contributed by atoms with Crippen LogP contribution in [-0.2, 0) is 13.0 Å². The Morgan fingerprint density at radius 1 is 1.53 bits per heavy atom. The molecule has 96 valence electrons. The maximum atomic E-state index is 9.36. The summed E-state index contributed by atoms with van der Waals surface area (Å²) in [6.45, 7) is 6.71. The highest BCUT2D eigenvalue weighted by atomic mass is 32.2. The number of hydrogen-bond donors (Lipinski definition) is 1. The zero-order chi connectivity index (χ0) is 12.3. The number of anilines is 1. The van der Waals surface area contributed by atoms with E-state index in [-0.39, 0.29) is 6.61 Å². The standard InChI is InChI=1S/C12H20N2OS2/c1-3-4-10-11(8-15)17-12(13-10)14-5-6-16-9(2)7-14/h9,15H,3-8H2,1-2H3. The van der Waals surface area contributed by atoms with E-state index in [1.54, 1.807) is 11.3 Å². The van der Waals surface area contributed by atoms with E-state index in [4.69, 9.17) is 4.98 Å². The van der Waals surface area contributed by atoms with Crippen molar-refractivity contribution in [2.45, 2.75) is 38.5 Å². The molecule has 1 aromatic rings. The molecule has 2 rings (SSSR count). The van der Waals surface area contributed by atoms with Crippen LogP contribution in [0.15, 0.2) is 0 Å². The fraction of sp³-hybridized carbons (Fsp3) is 0.750. The van der Waals surface area contributed by atoms with Crippen LogP contribution in [0.5, 0.6) is 0 Å². The van der Waals surface area contributed by atoms with E-state index in [2.05, 4.69) is 18.7 Å². The van der Waals surface area contributed by atoms with Gasteiger partial charge in [0.25, 0.3) is 0 Å². The number of aliphatic hydroxyl groups excluding tert-OH is 1. The lowest BCUT2D eigenvalue weighted by atomic mass is 10.2. The summed E-state index contributed by atoms with van der Waals surface area (Å²) in [4.78, 5) is 8.12. The second-order valence-corrected chi connectivity index (χ2v) is 7.01. The van der Waals surface area contributed by atoms with Crippen molar-refractivity contribution in [2.75, 3.05) is 23.7 Å². The molecule has 0 radical (unpaired) electrons. The lowest BCUT2D eigenvalue weighted by molar-refractivity contribution is 0.284. The van der Waals surface area contributed by atoms with E-state index < -0.39 is 0 Å². The molecule has 0 bridgehead atoms. The molecule has 17 heavy (non-hydrogen) atoms. The van der Waals surface area contributed by atoms with Crippen molar-refractivity contribution in [1.29, 1.82) is 0 Å². The summed E-state index contributed by atoms with van der Waals surface area (Å²) in [6, 6.07) is 0. The largest absolute Gasteiger partial charge is 0.391 e. The number of rotatable bonds is 4. The highest BCUT2D eigenvalue weighted by Gasteiger charge is 2.21. The van der Waals surface area contributed by atoms with Crippen molar-refractivity contribution < 1.29 is 5.11 Å². The molecule has 0 spiro atoms. The monoisotopic (exact) mass is 272 g/mol. The van der Waals surface area contributed by atoms with Crippen molar-refractivity contribution in [3.05, 3.63) is 10.6 Å². The molecule has 1 aliphatic rings. The third-order valence-corrected chi connectivity index (χ3v) is 5.19. The number of thiazole rings is 1. The normalized spacial score (nSPS) is 20.9. The number of aryl methyl sites for hydroxylation is 1. The number of nitrogens with zero attached hydrogens (tertiary/aromatic N) is 2. The average molecular weight is 272 g/mol. The first-order chi connectivity index (χ1) is 8.24. The van der Waals surface area contributed by atoms with E-state index in [9.17, 15) is 5.11 Å². The van der Waals surface area contributed by atoms with Crippen LogP contribution in [0.4, 0.5) is 5.13 Å². The van der Waals surface area contributed by atoms with E-state index >= 15 is 0 Å². The average Bonchev–Trinajstić information content (AvgIpc) is 2.73.